The van der Waals surface area contributed by atoms with Crippen LogP contribution in [0.5, 0.6) is 0 Å². The van der Waals surface area contributed by atoms with E-state index in [1.165, 1.54) is 44.9 Å². The summed E-state index contributed by atoms with van der Waals surface area (Å²) < 4.78 is 5.59. The zero-order valence-electron chi connectivity index (χ0n) is 21.0. The molecule has 0 unspecified atom stereocenters. The first-order valence-corrected chi connectivity index (χ1v) is 13.2. The minimum atomic E-state index is -0.130. The van der Waals surface area contributed by atoms with Gasteiger partial charge < -0.3 is 4.74 Å². The molecule has 0 amide bonds. The van der Waals surface area contributed by atoms with Gasteiger partial charge in [0.2, 0.25) is 0 Å². The summed E-state index contributed by atoms with van der Waals surface area (Å²) in [5.74, 6) is 3.94. The average Bonchev–Trinajstić information content (AvgIpc) is 3.05. The van der Waals surface area contributed by atoms with Crippen LogP contribution in [0.4, 0.5) is 0 Å². The molecule has 2 nitrogen and oxygen atoms in total. The molecule has 0 aromatic heterocycles. The second-order valence-electron chi connectivity index (χ2n) is 12.4. The fraction of sp³-hybridized carbons (Fsp3) is 0.828. The molecule has 0 spiro atoms. The number of allylic oxidation sites excluding steroid dienone is 3. The summed E-state index contributed by atoms with van der Waals surface area (Å²) in [6.07, 6.45) is 17.9. The van der Waals surface area contributed by atoms with E-state index in [-0.39, 0.29) is 17.5 Å². The zero-order valence-corrected chi connectivity index (χ0v) is 21.0. The molecule has 0 radical (unpaired) electrons. The molecule has 0 aromatic rings. The number of esters is 1. The van der Waals surface area contributed by atoms with Gasteiger partial charge in [-0.05, 0) is 78.9 Å². The minimum absolute atomic E-state index is 0.0863. The number of hydrogen-bond donors (Lipinski definition) is 0. The lowest BCUT2D eigenvalue weighted by molar-refractivity contribution is -0.148. The van der Waals surface area contributed by atoms with Gasteiger partial charge in [0.1, 0.15) is 6.10 Å². The molecule has 0 bridgehead atoms. The fourth-order valence-electron chi connectivity index (χ4n) is 8.33. The average molecular weight is 427 g/mol. The van der Waals surface area contributed by atoms with Gasteiger partial charge in [-0.3, -0.25) is 4.79 Å². The van der Waals surface area contributed by atoms with Crippen LogP contribution in [0.15, 0.2) is 23.3 Å². The standard InChI is InChI=1S/C29H46O2/c1-19(2)8-7-9-20(3)25-12-13-26-24-11-10-22-18-23(31-21(4)30)14-16-28(22,5)27(24)15-17-29(25,26)6/h10-11,19-20,23,25-27H,7-9,12-18H2,1-6H3/t20-,23-,25-,26+,27+,28+,29-/m1/s1. The van der Waals surface area contributed by atoms with E-state index in [4.69, 9.17) is 4.74 Å². The van der Waals surface area contributed by atoms with Gasteiger partial charge in [0.15, 0.2) is 0 Å². The maximum Gasteiger partial charge on any atom is 0.302 e. The van der Waals surface area contributed by atoms with Gasteiger partial charge in [0, 0.05) is 13.3 Å². The smallest absolute Gasteiger partial charge is 0.302 e. The molecule has 7 atom stereocenters. The number of carbonyl (C=O) groups excluding carboxylic acids is 1. The lowest BCUT2D eigenvalue weighted by Gasteiger charge is -2.55. The Kier molecular flexibility index (Phi) is 6.50. The third-order valence-electron chi connectivity index (χ3n) is 10.1. The van der Waals surface area contributed by atoms with Crippen molar-refractivity contribution in [1.29, 1.82) is 0 Å². The summed E-state index contributed by atoms with van der Waals surface area (Å²) in [5.41, 5.74) is 4.10. The Labute approximate surface area is 191 Å². The van der Waals surface area contributed by atoms with Crippen molar-refractivity contribution in [3.8, 4) is 0 Å². The number of hydrogen-bond acceptors (Lipinski definition) is 2. The molecule has 31 heavy (non-hydrogen) atoms. The van der Waals surface area contributed by atoms with E-state index in [2.05, 4.69) is 46.8 Å². The molecule has 0 aliphatic heterocycles. The Morgan fingerprint density at radius 2 is 1.81 bits per heavy atom. The first-order chi connectivity index (χ1) is 14.6. The van der Waals surface area contributed by atoms with Gasteiger partial charge in [-0.15, -0.1) is 0 Å². The summed E-state index contributed by atoms with van der Waals surface area (Å²) in [6, 6.07) is 0. The van der Waals surface area contributed by atoms with Gasteiger partial charge in [-0.1, -0.05) is 77.2 Å². The highest BCUT2D eigenvalue weighted by Crippen LogP contribution is 2.66. The highest BCUT2D eigenvalue weighted by atomic mass is 16.5. The summed E-state index contributed by atoms with van der Waals surface area (Å²) >= 11 is 0. The van der Waals surface area contributed by atoms with E-state index < -0.39 is 0 Å². The van der Waals surface area contributed by atoms with Crippen molar-refractivity contribution in [3.05, 3.63) is 23.3 Å². The van der Waals surface area contributed by atoms with Crippen molar-refractivity contribution in [2.45, 2.75) is 112 Å². The van der Waals surface area contributed by atoms with Gasteiger partial charge in [-0.2, -0.15) is 0 Å². The minimum Gasteiger partial charge on any atom is -0.462 e. The van der Waals surface area contributed by atoms with Crippen molar-refractivity contribution in [1.82, 2.24) is 0 Å². The SMILES string of the molecule is CC(=O)O[C@@H]1CC[C@@]2(C)C(=CC=C3[C@@H]4CC[C@H]([C@H](C)CCCC(C)C)[C@@]4(C)CC[C@@H]32)C1. The molecule has 4 aliphatic carbocycles. The van der Waals surface area contributed by atoms with E-state index in [1.54, 1.807) is 18.1 Å². The first-order valence-electron chi connectivity index (χ1n) is 13.2. The van der Waals surface area contributed by atoms with Crippen LogP contribution in [-0.2, 0) is 9.53 Å². The summed E-state index contributed by atoms with van der Waals surface area (Å²) in [6.45, 7) is 14.0. The Morgan fingerprint density at radius 3 is 2.52 bits per heavy atom. The number of ether oxygens (including phenoxy) is 1. The van der Waals surface area contributed by atoms with E-state index >= 15 is 0 Å². The molecule has 0 heterocycles. The van der Waals surface area contributed by atoms with Crippen LogP contribution in [0.3, 0.4) is 0 Å². The van der Waals surface area contributed by atoms with Crippen LogP contribution >= 0.6 is 0 Å². The molecule has 2 heteroatoms. The maximum atomic E-state index is 11.5. The quantitative estimate of drug-likeness (QED) is 0.404. The zero-order chi connectivity index (χ0) is 22.4. The lowest BCUT2D eigenvalue weighted by atomic mass is 9.50. The molecular formula is C29H46O2. The third kappa shape index (κ3) is 4.18. The van der Waals surface area contributed by atoms with Crippen LogP contribution in [0, 0.1) is 40.4 Å². The Morgan fingerprint density at radius 1 is 1.03 bits per heavy atom. The highest BCUT2D eigenvalue weighted by molar-refractivity contribution is 5.66. The summed E-state index contributed by atoms with van der Waals surface area (Å²) in [7, 11) is 0. The van der Waals surface area contributed by atoms with Gasteiger partial charge in [0.05, 0.1) is 0 Å². The van der Waals surface area contributed by atoms with Crippen LogP contribution in [0.25, 0.3) is 0 Å². The maximum absolute atomic E-state index is 11.5. The Bertz CT molecular complexity index is 746. The number of carbonyl (C=O) groups is 1. The van der Waals surface area contributed by atoms with Gasteiger partial charge in [0.25, 0.3) is 0 Å². The second kappa shape index (κ2) is 8.71. The first kappa shape index (κ1) is 23.1. The molecule has 3 fully saturated rings. The Balaban J connectivity index is 1.51. The van der Waals surface area contributed by atoms with Crippen molar-refractivity contribution in [3.63, 3.8) is 0 Å². The molecule has 4 aliphatic rings. The van der Waals surface area contributed by atoms with Crippen molar-refractivity contribution in [2.75, 3.05) is 0 Å². The van der Waals surface area contributed by atoms with Crippen LogP contribution in [0.2, 0.25) is 0 Å². The van der Waals surface area contributed by atoms with E-state index in [0.29, 0.717) is 11.3 Å². The molecule has 0 saturated heterocycles. The lowest BCUT2D eigenvalue weighted by Crippen LogP contribution is -2.46. The van der Waals surface area contributed by atoms with Crippen LogP contribution < -0.4 is 0 Å². The predicted molar refractivity (Wildman–Crippen MR) is 129 cm³/mol. The van der Waals surface area contributed by atoms with Crippen molar-refractivity contribution in [2.24, 2.45) is 40.4 Å². The summed E-state index contributed by atoms with van der Waals surface area (Å²) in [5, 5.41) is 0. The molecular weight excluding hydrogens is 380 g/mol. The topological polar surface area (TPSA) is 26.3 Å². The van der Waals surface area contributed by atoms with E-state index in [9.17, 15) is 4.79 Å². The Hall–Kier alpha value is -1.05. The number of fused-ring (bicyclic) bond motifs is 5. The van der Waals surface area contributed by atoms with Crippen molar-refractivity contribution >= 4 is 5.97 Å². The van der Waals surface area contributed by atoms with Crippen LogP contribution in [-0.4, -0.2) is 12.1 Å². The molecule has 3 saturated carbocycles. The normalized spacial score (nSPS) is 40.4. The fourth-order valence-corrected chi connectivity index (χ4v) is 8.33. The molecule has 0 N–H and O–H groups in total. The largest absolute Gasteiger partial charge is 0.462 e. The molecule has 4 rings (SSSR count). The number of rotatable bonds is 6. The summed E-state index contributed by atoms with van der Waals surface area (Å²) in [4.78, 5) is 11.5. The van der Waals surface area contributed by atoms with E-state index in [1.807, 2.05) is 0 Å². The molecule has 0 aromatic carbocycles. The highest BCUT2D eigenvalue weighted by Gasteiger charge is 2.57. The van der Waals surface area contributed by atoms with E-state index in [0.717, 1.165) is 42.9 Å². The molecule has 174 valence electrons. The van der Waals surface area contributed by atoms with Gasteiger partial charge in [-0.25, -0.2) is 0 Å². The third-order valence-corrected chi connectivity index (χ3v) is 10.1. The predicted octanol–water partition coefficient (Wildman–Crippen LogP) is 7.88. The second-order valence-corrected chi connectivity index (χ2v) is 12.4. The van der Waals surface area contributed by atoms with Gasteiger partial charge >= 0.3 is 5.97 Å². The van der Waals surface area contributed by atoms with Crippen molar-refractivity contribution < 1.29 is 9.53 Å². The van der Waals surface area contributed by atoms with Crippen LogP contribution in [0.1, 0.15) is 106 Å². The monoisotopic (exact) mass is 426 g/mol.